The summed E-state index contributed by atoms with van der Waals surface area (Å²) in [6.45, 7) is 4.35. The lowest BCUT2D eigenvalue weighted by atomic mass is 10.0. The van der Waals surface area contributed by atoms with E-state index in [9.17, 15) is 23.3 Å². The predicted octanol–water partition coefficient (Wildman–Crippen LogP) is 3.37. The first-order valence-electron chi connectivity index (χ1n) is 10.3. The summed E-state index contributed by atoms with van der Waals surface area (Å²) in [7, 11) is -2.76. The van der Waals surface area contributed by atoms with Gasteiger partial charge in [-0.2, -0.15) is 0 Å². The van der Waals surface area contributed by atoms with Gasteiger partial charge in [-0.1, -0.05) is 13.0 Å². The fourth-order valence-electron chi connectivity index (χ4n) is 3.78. The van der Waals surface area contributed by atoms with Crippen LogP contribution in [0.4, 0.5) is 11.4 Å². The SMILES string of the molecule is COc1ccc(N(CC(=O)N2CCCC(C)C2)S(=O)(=O)c2ccc(C)c([N+](=O)[O-])c2)cc1. The molecule has 1 heterocycles. The minimum absolute atomic E-state index is 0.245. The molecule has 0 bridgehead atoms. The number of piperidine rings is 1. The number of carbonyl (C=O) groups is 1. The molecular weight excluding hydrogens is 434 g/mol. The number of aryl methyl sites for hydroxylation is 1. The lowest BCUT2D eigenvalue weighted by molar-refractivity contribution is -0.385. The van der Waals surface area contributed by atoms with Gasteiger partial charge in [0.1, 0.15) is 12.3 Å². The average molecular weight is 462 g/mol. The lowest BCUT2D eigenvalue weighted by Crippen LogP contribution is -2.46. The van der Waals surface area contributed by atoms with Gasteiger partial charge in [0.2, 0.25) is 5.91 Å². The first kappa shape index (κ1) is 23.5. The fraction of sp³-hybridized carbons (Fsp3) is 0.409. The summed E-state index contributed by atoms with van der Waals surface area (Å²) in [6, 6.07) is 10.0. The van der Waals surface area contributed by atoms with E-state index in [0.29, 0.717) is 30.3 Å². The normalized spacial score (nSPS) is 16.5. The van der Waals surface area contributed by atoms with Crippen LogP contribution in [0.15, 0.2) is 47.4 Å². The first-order chi connectivity index (χ1) is 15.1. The van der Waals surface area contributed by atoms with Crippen molar-refractivity contribution in [1.29, 1.82) is 0 Å². The molecule has 0 radical (unpaired) electrons. The first-order valence-corrected chi connectivity index (χ1v) is 11.8. The van der Waals surface area contributed by atoms with Gasteiger partial charge >= 0.3 is 0 Å². The molecular formula is C22H27N3O6S. The summed E-state index contributed by atoms with van der Waals surface area (Å²) in [5.41, 5.74) is 0.327. The summed E-state index contributed by atoms with van der Waals surface area (Å²) in [6.07, 6.45) is 1.89. The van der Waals surface area contributed by atoms with Gasteiger partial charge in [-0.15, -0.1) is 0 Å². The Morgan fingerprint density at radius 1 is 1.25 bits per heavy atom. The molecule has 1 saturated heterocycles. The number of anilines is 1. The summed E-state index contributed by atoms with van der Waals surface area (Å²) < 4.78 is 33.3. The Bertz CT molecular complexity index is 1100. The number of methoxy groups -OCH3 is 1. The summed E-state index contributed by atoms with van der Waals surface area (Å²) in [5, 5.41) is 11.3. The number of nitrogens with zero attached hydrogens (tertiary/aromatic N) is 3. The van der Waals surface area contributed by atoms with Crippen LogP contribution in [0.25, 0.3) is 0 Å². The number of hydrogen-bond donors (Lipinski definition) is 0. The van der Waals surface area contributed by atoms with Crippen molar-refractivity contribution in [2.75, 3.05) is 31.0 Å². The van der Waals surface area contributed by atoms with Crippen LogP contribution < -0.4 is 9.04 Å². The molecule has 9 nitrogen and oxygen atoms in total. The second-order valence-corrected chi connectivity index (χ2v) is 9.86. The maximum absolute atomic E-state index is 13.6. The number of rotatable bonds is 7. The van der Waals surface area contributed by atoms with Crippen LogP contribution in [-0.2, 0) is 14.8 Å². The van der Waals surface area contributed by atoms with E-state index >= 15 is 0 Å². The van der Waals surface area contributed by atoms with Crippen molar-refractivity contribution in [3.8, 4) is 5.75 Å². The number of hydrogen-bond acceptors (Lipinski definition) is 6. The van der Waals surface area contributed by atoms with E-state index in [2.05, 4.69) is 6.92 Å². The average Bonchev–Trinajstić information content (AvgIpc) is 2.77. The van der Waals surface area contributed by atoms with Crippen LogP contribution in [0.5, 0.6) is 5.75 Å². The predicted molar refractivity (Wildman–Crippen MR) is 120 cm³/mol. The Kier molecular flexibility index (Phi) is 7.02. The molecule has 0 N–H and O–H groups in total. The van der Waals surface area contributed by atoms with Gasteiger partial charge in [0, 0.05) is 24.7 Å². The molecule has 1 fully saturated rings. The Morgan fingerprint density at radius 3 is 2.53 bits per heavy atom. The fourth-order valence-corrected chi connectivity index (χ4v) is 5.21. The van der Waals surface area contributed by atoms with Crippen LogP contribution in [0, 0.1) is 23.0 Å². The van der Waals surface area contributed by atoms with Crippen LogP contribution in [0.2, 0.25) is 0 Å². The van der Waals surface area contributed by atoms with E-state index in [1.165, 1.54) is 26.2 Å². The molecule has 1 amide bonds. The van der Waals surface area contributed by atoms with E-state index in [4.69, 9.17) is 4.74 Å². The maximum atomic E-state index is 13.6. The van der Waals surface area contributed by atoms with Crippen molar-refractivity contribution in [3.63, 3.8) is 0 Å². The van der Waals surface area contributed by atoms with E-state index in [-0.39, 0.29) is 22.2 Å². The zero-order valence-corrected chi connectivity index (χ0v) is 19.2. The van der Waals surface area contributed by atoms with Gasteiger partial charge in [-0.05, 0) is 56.0 Å². The van der Waals surface area contributed by atoms with E-state index in [1.807, 2.05) is 0 Å². The maximum Gasteiger partial charge on any atom is 0.273 e. The standard InChI is InChI=1S/C22H27N3O6S/c1-16-5-4-12-23(14-16)22(26)15-24(18-7-9-19(31-3)10-8-18)32(29,30)20-11-6-17(2)21(13-20)25(27)28/h6-11,13,16H,4-5,12,14-15H2,1-3H3. The number of sulfonamides is 1. The van der Waals surface area contributed by atoms with Crippen LogP contribution >= 0.6 is 0 Å². The van der Waals surface area contributed by atoms with Gasteiger partial charge in [0.25, 0.3) is 15.7 Å². The van der Waals surface area contributed by atoms with Crippen LogP contribution in [0.1, 0.15) is 25.3 Å². The minimum atomic E-state index is -4.25. The van der Waals surface area contributed by atoms with Crippen molar-refractivity contribution in [1.82, 2.24) is 4.90 Å². The van der Waals surface area contributed by atoms with Gasteiger partial charge in [-0.25, -0.2) is 8.42 Å². The number of nitro groups is 1. The van der Waals surface area contributed by atoms with E-state index < -0.39 is 21.5 Å². The minimum Gasteiger partial charge on any atom is -0.497 e. The zero-order valence-electron chi connectivity index (χ0n) is 18.4. The summed E-state index contributed by atoms with van der Waals surface area (Å²) in [4.78, 5) is 25.2. The zero-order chi connectivity index (χ0) is 23.5. The summed E-state index contributed by atoms with van der Waals surface area (Å²) >= 11 is 0. The molecule has 2 aromatic carbocycles. The highest BCUT2D eigenvalue weighted by Crippen LogP contribution is 2.29. The summed E-state index contributed by atoms with van der Waals surface area (Å²) in [5.74, 6) is 0.573. The smallest absolute Gasteiger partial charge is 0.273 e. The number of benzene rings is 2. The Labute approximate surface area is 187 Å². The third-order valence-corrected chi connectivity index (χ3v) is 7.38. The third-order valence-electron chi connectivity index (χ3n) is 5.61. The lowest BCUT2D eigenvalue weighted by Gasteiger charge is -2.33. The van der Waals surface area contributed by atoms with E-state index in [0.717, 1.165) is 23.2 Å². The quantitative estimate of drug-likeness (QED) is 0.462. The molecule has 3 rings (SSSR count). The second-order valence-electron chi connectivity index (χ2n) is 8.00. The van der Waals surface area contributed by atoms with Gasteiger partial charge in [-0.3, -0.25) is 19.2 Å². The van der Waals surface area contributed by atoms with Gasteiger partial charge in [0.15, 0.2) is 0 Å². The van der Waals surface area contributed by atoms with Crippen molar-refractivity contribution >= 4 is 27.3 Å². The Morgan fingerprint density at radius 2 is 1.94 bits per heavy atom. The number of carbonyl (C=O) groups excluding carboxylic acids is 1. The molecule has 10 heteroatoms. The van der Waals surface area contributed by atoms with Crippen molar-refractivity contribution < 1.29 is 22.9 Å². The number of nitro benzene ring substituents is 1. The van der Waals surface area contributed by atoms with Crippen molar-refractivity contribution in [2.24, 2.45) is 5.92 Å². The second kappa shape index (κ2) is 9.56. The number of amides is 1. The molecule has 0 aromatic heterocycles. The van der Waals surface area contributed by atoms with Crippen molar-refractivity contribution in [2.45, 2.75) is 31.6 Å². The molecule has 1 unspecified atom stereocenters. The molecule has 1 atom stereocenters. The Balaban J connectivity index is 2.01. The third kappa shape index (κ3) is 5.01. The highest BCUT2D eigenvalue weighted by atomic mass is 32.2. The largest absolute Gasteiger partial charge is 0.497 e. The van der Waals surface area contributed by atoms with E-state index in [1.54, 1.807) is 29.2 Å². The molecule has 1 aliphatic rings. The van der Waals surface area contributed by atoms with Gasteiger partial charge < -0.3 is 9.64 Å². The molecule has 2 aromatic rings. The molecule has 0 aliphatic carbocycles. The van der Waals surface area contributed by atoms with Crippen LogP contribution in [-0.4, -0.2) is 50.9 Å². The Hall–Kier alpha value is -3.14. The monoisotopic (exact) mass is 461 g/mol. The molecule has 0 saturated carbocycles. The topological polar surface area (TPSA) is 110 Å². The molecule has 1 aliphatic heterocycles. The number of ether oxygens (including phenoxy) is 1. The molecule has 32 heavy (non-hydrogen) atoms. The molecule has 0 spiro atoms. The highest BCUT2D eigenvalue weighted by molar-refractivity contribution is 7.92. The molecule has 172 valence electrons. The van der Waals surface area contributed by atoms with Gasteiger partial charge in [0.05, 0.1) is 22.6 Å². The van der Waals surface area contributed by atoms with Crippen LogP contribution in [0.3, 0.4) is 0 Å². The van der Waals surface area contributed by atoms with Crippen molar-refractivity contribution in [3.05, 3.63) is 58.1 Å². The highest BCUT2D eigenvalue weighted by Gasteiger charge is 2.31. The number of likely N-dealkylation sites (tertiary alicyclic amines) is 1.